The summed E-state index contributed by atoms with van der Waals surface area (Å²) < 4.78 is 12.0. The number of ether oxygens (including phenoxy) is 2. The highest BCUT2D eigenvalue weighted by Gasteiger charge is 2.14. The zero-order chi connectivity index (χ0) is 16.8. The van der Waals surface area contributed by atoms with E-state index in [0.29, 0.717) is 28.8 Å². The number of nitrogens with one attached hydrogen (secondary N) is 2. The van der Waals surface area contributed by atoms with E-state index >= 15 is 0 Å². The van der Waals surface area contributed by atoms with Crippen LogP contribution in [0.3, 0.4) is 0 Å². The molecule has 0 aliphatic heterocycles. The van der Waals surface area contributed by atoms with Crippen LogP contribution in [0.2, 0.25) is 5.02 Å². The normalized spacial score (nSPS) is 11.7. The van der Waals surface area contributed by atoms with Crippen LogP contribution in [0.15, 0.2) is 24.8 Å². The molecule has 124 valence electrons. The van der Waals surface area contributed by atoms with Gasteiger partial charge in [-0.1, -0.05) is 11.6 Å². The van der Waals surface area contributed by atoms with E-state index in [0.717, 1.165) is 0 Å². The standard InChI is InChI=1S/C14H18ClN5O3/c1-9(6-20-8-16-7-17-20)18-14(21)19-11-5-12(22-2)10(15)4-13(11)23-3/h4-5,7-9H,6H2,1-3H3,(H2,18,19,21)/t9-/m0/s1. The van der Waals surface area contributed by atoms with E-state index in [9.17, 15) is 4.79 Å². The van der Waals surface area contributed by atoms with E-state index in [4.69, 9.17) is 21.1 Å². The highest BCUT2D eigenvalue weighted by atomic mass is 35.5. The SMILES string of the molecule is COc1cc(NC(=O)N[C@@H](C)Cn2cncn2)c(OC)cc1Cl. The number of urea groups is 1. The van der Waals surface area contributed by atoms with E-state index in [1.807, 2.05) is 6.92 Å². The molecular weight excluding hydrogens is 322 g/mol. The molecular formula is C14H18ClN5O3. The Labute approximate surface area is 138 Å². The van der Waals surface area contributed by atoms with Crippen molar-refractivity contribution in [1.82, 2.24) is 20.1 Å². The molecule has 1 atom stereocenters. The van der Waals surface area contributed by atoms with E-state index in [1.165, 1.54) is 20.5 Å². The Kier molecular flexibility index (Phi) is 5.64. The maximum atomic E-state index is 12.1. The summed E-state index contributed by atoms with van der Waals surface area (Å²) >= 11 is 6.03. The molecule has 0 unspecified atom stereocenters. The summed E-state index contributed by atoms with van der Waals surface area (Å²) in [6.07, 6.45) is 3.03. The fourth-order valence-electron chi connectivity index (χ4n) is 1.99. The lowest BCUT2D eigenvalue weighted by atomic mass is 10.2. The lowest BCUT2D eigenvalue weighted by Gasteiger charge is -2.16. The highest BCUT2D eigenvalue weighted by molar-refractivity contribution is 6.32. The Morgan fingerprint density at radius 2 is 2.09 bits per heavy atom. The Balaban J connectivity index is 2.01. The first-order chi connectivity index (χ1) is 11.0. The van der Waals surface area contributed by atoms with Crippen LogP contribution < -0.4 is 20.1 Å². The Bertz CT molecular complexity index is 663. The molecule has 0 fully saturated rings. The highest BCUT2D eigenvalue weighted by Crippen LogP contribution is 2.35. The van der Waals surface area contributed by atoms with Gasteiger partial charge in [-0.2, -0.15) is 5.10 Å². The van der Waals surface area contributed by atoms with Crippen molar-refractivity contribution in [2.75, 3.05) is 19.5 Å². The number of hydrogen-bond acceptors (Lipinski definition) is 5. The molecule has 2 aromatic rings. The third-order valence-corrected chi connectivity index (χ3v) is 3.32. The number of rotatable bonds is 6. The van der Waals surface area contributed by atoms with Gasteiger partial charge in [0.15, 0.2) is 0 Å². The van der Waals surface area contributed by atoms with Gasteiger partial charge in [0.25, 0.3) is 0 Å². The quantitative estimate of drug-likeness (QED) is 0.841. The zero-order valence-corrected chi connectivity index (χ0v) is 13.8. The van der Waals surface area contributed by atoms with Crippen LogP contribution in [0.1, 0.15) is 6.92 Å². The fourth-order valence-corrected chi connectivity index (χ4v) is 2.22. The summed E-state index contributed by atoms with van der Waals surface area (Å²) in [7, 11) is 2.99. The number of aromatic nitrogens is 3. The van der Waals surface area contributed by atoms with Crippen molar-refractivity contribution in [3.63, 3.8) is 0 Å². The molecule has 0 bridgehead atoms. The van der Waals surface area contributed by atoms with Crippen molar-refractivity contribution in [3.8, 4) is 11.5 Å². The second-order valence-corrected chi connectivity index (χ2v) is 5.21. The summed E-state index contributed by atoms with van der Waals surface area (Å²) in [6, 6.07) is 2.66. The molecule has 9 heteroatoms. The molecule has 1 aromatic carbocycles. The summed E-state index contributed by atoms with van der Waals surface area (Å²) in [4.78, 5) is 16.0. The number of carbonyl (C=O) groups is 1. The first kappa shape index (κ1) is 16.9. The van der Waals surface area contributed by atoms with Gasteiger partial charge in [0.1, 0.15) is 24.2 Å². The van der Waals surface area contributed by atoms with Gasteiger partial charge in [0.2, 0.25) is 0 Å². The first-order valence-corrected chi connectivity index (χ1v) is 7.22. The predicted molar refractivity (Wildman–Crippen MR) is 86.2 cm³/mol. The van der Waals surface area contributed by atoms with Gasteiger partial charge in [-0.3, -0.25) is 4.68 Å². The van der Waals surface area contributed by atoms with Crippen molar-refractivity contribution in [3.05, 3.63) is 29.8 Å². The maximum absolute atomic E-state index is 12.1. The number of halogens is 1. The molecule has 2 amide bonds. The molecule has 1 aromatic heterocycles. The van der Waals surface area contributed by atoms with Gasteiger partial charge >= 0.3 is 6.03 Å². The van der Waals surface area contributed by atoms with Crippen LogP contribution in [0.25, 0.3) is 0 Å². The minimum Gasteiger partial charge on any atom is -0.495 e. The van der Waals surface area contributed by atoms with E-state index < -0.39 is 0 Å². The van der Waals surface area contributed by atoms with Crippen molar-refractivity contribution in [2.24, 2.45) is 0 Å². The number of amides is 2. The molecule has 2 rings (SSSR count). The van der Waals surface area contributed by atoms with Crippen molar-refractivity contribution in [1.29, 1.82) is 0 Å². The molecule has 0 saturated heterocycles. The monoisotopic (exact) mass is 339 g/mol. The van der Waals surface area contributed by atoms with Gasteiger partial charge in [-0.25, -0.2) is 9.78 Å². The average molecular weight is 340 g/mol. The molecule has 0 saturated carbocycles. The van der Waals surface area contributed by atoms with Crippen molar-refractivity contribution < 1.29 is 14.3 Å². The third-order valence-electron chi connectivity index (χ3n) is 3.03. The summed E-state index contributed by atoms with van der Waals surface area (Å²) in [5.74, 6) is 0.883. The van der Waals surface area contributed by atoms with Crippen LogP contribution in [0, 0.1) is 0 Å². The van der Waals surface area contributed by atoms with Gasteiger partial charge in [0, 0.05) is 18.2 Å². The number of carbonyl (C=O) groups excluding carboxylic acids is 1. The Morgan fingerprint density at radius 1 is 1.35 bits per heavy atom. The lowest BCUT2D eigenvalue weighted by Crippen LogP contribution is -2.38. The zero-order valence-electron chi connectivity index (χ0n) is 13.0. The maximum Gasteiger partial charge on any atom is 0.319 e. The fraction of sp³-hybridized carbons (Fsp3) is 0.357. The Hall–Kier alpha value is -2.48. The molecule has 0 radical (unpaired) electrons. The minimum absolute atomic E-state index is 0.142. The molecule has 0 spiro atoms. The molecule has 1 heterocycles. The first-order valence-electron chi connectivity index (χ1n) is 6.85. The van der Waals surface area contributed by atoms with Gasteiger partial charge in [-0.05, 0) is 6.92 Å². The summed E-state index contributed by atoms with van der Waals surface area (Å²) in [5.41, 5.74) is 0.458. The minimum atomic E-state index is -0.375. The van der Waals surface area contributed by atoms with Crippen molar-refractivity contribution in [2.45, 2.75) is 19.5 Å². The number of hydrogen-bond donors (Lipinski definition) is 2. The third kappa shape index (κ3) is 4.49. The number of anilines is 1. The summed E-state index contributed by atoms with van der Waals surface area (Å²) in [6.45, 7) is 2.37. The average Bonchev–Trinajstić information content (AvgIpc) is 3.01. The van der Waals surface area contributed by atoms with Gasteiger partial charge in [-0.15, -0.1) is 0 Å². The molecule has 8 nitrogen and oxygen atoms in total. The molecule has 23 heavy (non-hydrogen) atoms. The number of methoxy groups -OCH3 is 2. The van der Waals surface area contributed by atoms with E-state index in [-0.39, 0.29) is 12.1 Å². The van der Waals surface area contributed by atoms with Crippen LogP contribution in [0.4, 0.5) is 10.5 Å². The largest absolute Gasteiger partial charge is 0.495 e. The smallest absolute Gasteiger partial charge is 0.319 e. The van der Waals surface area contributed by atoms with Crippen LogP contribution in [-0.4, -0.2) is 41.1 Å². The second-order valence-electron chi connectivity index (χ2n) is 4.80. The second kappa shape index (κ2) is 7.68. The van der Waals surface area contributed by atoms with Crippen molar-refractivity contribution >= 4 is 23.3 Å². The van der Waals surface area contributed by atoms with E-state index in [2.05, 4.69) is 20.7 Å². The van der Waals surface area contributed by atoms with Crippen LogP contribution >= 0.6 is 11.6 Å². The Morgan fingerprint density at radius 3 is 2.70 bits per heavy atom. The summed E-state index contributed by atoms with van der Waals surface area (Å²) in [5, 5.41) is 9.90. The van der Waals surface area contributed by atoms with Gasteiger partial charge in [0.05, 0.1) is 31.5 Å². The lowest BCUT2D eigenvalue weighted by molar-refractivity contribution is 0.247. The van der Waals surface area contributed by atoms with Gasteiger partial charge < -0.3 is 20.1 Å². The molecule has 0 aliphatic rings. The van der Waals surface area contributed by atoms with Crippen LogP contribution in [0.5, 0.6) is 11.5 Å². The van der Waals surface area contributed by atoms with E-state index in [1.54, 1.807) is 23.1 Å². The number of benzene rings is 1. The molecule has 0 aliphatic carbocycles. The predicted octanol–water partition coefficient (Wildman–Crippen LogP) is 2.16. The molecule has 2 N–H and O–H groups in total. The van der Waals surface area contributed by atoms with Crippen LogP contribution in [-0.2, 0) is 6.54 Å². The topological polar surface area (TPSA) is 90.3 Å². The number of nitrogens with zero attached hydrogens (tertiary/aromatic N) is 3.